The van der Waals surface area contributed by atoms with Crippen molar-refractivity contribution in [1.29, 1.82) is 0 Å². The van der Waals surface area contributed by atoms with Crippen LogP contribution in [0.2, 0.25) is 0 Å². The van der Waals surface area contributed by atoms with Gasteiger partial charge >= 0.3 is 0 Å². The van der Waals surface area contributed by atoms with Gasteiger partial charge in [0.25, 0.3) is 0 Å². The minimum Gasteiger partial charge on any atom is -0.379 e. The Kier molecular flexibility index (Phi) is 7.30. The molecule has 3 aliphatic rings. The average Bonchev–Trinajstić information content (AvgIpc) is 3.11. The molecular formula is C22H35N3O3. The SMILES string of the molecule is C=CCC1(CC=C)CCCN1C(=O)C1CCC(=O)N(CCN2CCOCC2)C1. The Bertz CT molecular complexity index is 576. The maximum atomic E-state index is 13.4. The maximum absolute atomic E-state index is 13.4. The lowest BCUT2D eigenvalue weighted by molar-refractivity contribution is -0.146. The highest BCUT2D eigenvalue weighted by Crippen LogP contribution is 2.38. The van der Waals surface area contributed by atoms with Crippen molar-refractivity contribution in [1.82, 2.24) is 14.7 Å². The molecule has 3 rings (SSSR count). The van der Waals surface area contributed by atoms with Crippen molar-refractivity contribution in [2.75, 3.05) is 52.5 Å². The number of carbonyl (C=O) groups excluding carboxylic acids is 2. The molecule has 6 nitrogen and oxygen atoms in total. The molecule has 6 heteroatoms. The van der Waals surface area contributed by atoms with Crippen LogP contribution < -0.4 is 0 Å². The molecule has 156 valence electrons. The summed E-state index contributed by atoms with van der Waals surface area (Å²) < 4.78 is 5.39. The van der Waals surface area contributed by atoms with Crippen LogP contribution >= 0.6 is 0 Å². The molecule has 3 heterocycles. The number of ether oxygens (including phenoxy) is 1. The average molecular weight is 390 g/mol. The zero-order valence-electron chi connectivity index (χ0n) is 17.1. The fraction of sp³-hybridized carbons (Fsp3) is 0.727. The maximum Gasteiger partial charge on any atom is 0.227 e. The normalized spacial score (nSPS) is 25.7. The van der Waals surface area contributed by atoms with E-state index in [0.29, 0.717) is 25.9 Å². The number of amides is 2. The summed E-state index contributed by atoms with van der Waals surface area (Å²) in [6.07, 6.45) is 8.63. The van der Waals surface area contributed by atoms with E-state index in [-0.39, 0.29) is 23.3 Å². The minimum absolute atomic E-state index is 0.0884. The molecule has 3 aliphatic heterocycles. The summed E-state index contributed by atoms with van der Waals surface area (Å²) in [5.41, 5.74) is -0.166. The van der Waals surface area contributed by atoms with Crippen LogP contribution in [-0.4, -0.2) is 84.5 Å². The second-order valence-corrected chi connectivity index (χ2v) is 8.33. The molecule has 3 saturated heterocycles. The van der Waals surface area contributed by atoms with Gasteiger partial charge in [-0.15, -0.1) is 13.2 Å². The summed E-state index contributed by atoms with van der Waals surface area (Å²) >= 11 is 0. The van der Waals surface area contributed by atoms with Gasteiger partial charge in [0.05, 0.1) is 19.1 Å². The van der Waals surface area contributed by atoms with Gasteiger partial charge in [-0.1, -0.05) is 12.2 Å². The number of hydrogen-bond acceptors (Lipinski definition) is 4. The molecule has 0 saturated carbocycles. The van der Waals surface area contributed by atoms with Gasteiger partial charge < -0.3 is 14.5 Å². The number of likely N-dealkylation sites (tertiary alicyclic amines) is 2. The molecule has 0 aromatic carbocycles. The van der Waals surface area contributed by atoms with E-state index in [2.05, 4.69) is 23.0 Å². The van der Waals surface area contributed by atoms with Crippen LogP contribution in [0.1, 0.15) is 38.5 Å². The molecule has 0 radical (unpaired) electrons. The lowest BCUT2D eigenvalue weighted by Gasteiger charge is -2.41. The third-order valence-electron chi connectivity index (χ3n) is 6.55. The zero-order valence-corrected chi connectivity index (χ0v) is 17.1. The first kappa shape index (κ1) is 21.1. The summed E-state index contributed by atoms with van der Waals surface area (Å²) in [6, 6.07) is 0. The van der Waals surface area contributed by atoms with Crippen LogP contribution in [0.4, 0.5) is 0 Å². The van der Waals surface area contributed by atoms with E-state index in [1.54, 1.807) is 0 Å². The van der Waals surface area contributed by atoms with Crippen LogP contribution in [0.15, 0.2) is 25.3 Å². The Hall–Kier alpha value is -1.66. The van der Waals surface area contributed by atoms with Gasteiger partial charge in [-0.05, 0) is 32.1 Å². The summed E-state index contributed by atoms with van der Waals surface area (Å²) in [5, 5.41) is 0. The highest BCUT2D eigenvalue weighted by molar-refractivity contribution is 5.84. The summed E-state index contributed by atoms with van der Waals surface area (Å²) in [6.45, 7) is 14.1. The van der Waals surface area contributed by atoms with Crippen molar-refractivity contribution in [2.24, 2.45) is 5.92 Å². The van der Waals surface area contributed by atoms with Gasteiger partial charge in [-0.25, -0.2) is 0 Å². The highest BCUT2D eigenvalue weighted by atomic mass is 16.5. The number of morpholine rings is 1. The van der Waals surface area contributed by atoms with E-state index >= 15 is 0 Å². The Labute approximate surface area is 169 Å². The lowest BCUT2D eigenvalue weighted by Crippen LogP contribution is -2.53. The molecular weight excluding hydrogens is 354 g/mol. The first-order valence-electron chi connectivity index (χ1n) is 10.7. The predicted octanol–water partition coefficient (Wildman–Crippen LogP) is 2.07. The molecule has 28 heavy (non-hydrogen) atoms. The minimum atomic E-state index is -0.166. The third kappa shape index (κ3) is 4.66. The van der Waals surface area contributed by atoms with Crippen LogP contribution in [0.3, 0.4) is 0 Å². The van der Waals surface area contributed by atoms with Crippen molar-refractivity contribution in [2.45, 2.75) is 44.1 Å². The molecule has 0 aromatic rings. The first-order valence-corrected chi connectivity index (χ1v) is 10.7. The van der Waals surface area contributed by atoms with Gasteiger partial charge in [0.15, 0.2) is 0 Å². The largest absolute Gasteiger partial charge is 0.379 e. The van der Waals surface area contributed by atoms with Crippen molar-refractivity contribution in [3.8, 4) is 0 Å². The van der Waals surface area contributed by atoms with E-state index in [1.165, 1.54) is 0 Å². The van der Waals surface area contributed by atoms with Gasteiger partial charge in [0.1, 0.15) is 0 Å². The standard InChI is InChI=1S/C22H35N3O3/c1-3-8-22(9-4-2)10-5-11-25(22)21(27)19-6-7-20(26)24(18-19)13-12-23-14-16-28-17-15-23/h3-4,19H,1-2,5-18H2. The third-order valence-corrected chi connectivity index (χ3v) is 6.55. The van der Waals surface area contributed by atoms with E-state index in [4.69, 9.17) is 4.74 Å². The topological polar surface area (TPSA) is 53.1 Å². The fourth-order valence-corrected chi connectivity index (χ4v) is 4.97. The molecule has 3 fully saturated rings. The van der Waals surface area contributed by atoms with Gasteiger partial charge in [-0.2, -0.15) is 0 Å². The van der Waals surface area contributed by atoms with Crippen LogP contribution in [0.25, 0.3) is 0 Å². The van der Waals surface area contributed by atoms with E-state index in [0.717, 1.165) is 65.1 Å². The van der Waals surface area contributed by atoms with Crippen molar-refractivity contribution in [3.63, 3.8) is 0 Å². The van der Waals surface area contributed by atoms with Crippen molar-refractivity contribution >= 4 is 11.8 Å². The summed E-state index contributed by atoms with van der Waals surface area (Å²) in [5.74, 6) is 0.307. The molecule has 0 aromatic heterocycles. The highest BCUT2D eigenvalue weighted by Gasteiger charge is 2.44. The number of rotatable bonds is 8. The number of piperidine rings is 1. The van der Waals surface area contributed by atoms with Gasteiger partial charge in [0, 0.05) is 51.2 Å². The Balaban J connectivity index is 1.61. The van der Waals surface area contributed by atoms with E-state index < -0.39 is 0 Å². The molecule has 0 bridgehead atoms. The monoisotopic (exact) mass is 389 g/mol. The smallest absolute Gasteiger partial charge is 0.227 e. The van der Waals surface area contributed by atoms with Crippen LogP contribution in [0.5, 0.6) is 0 Å². The van der Waals surface area contributed by atoms with Crippen molar-refractivity contribution in [3.05, 3.63) is 25.3 Å². The van der Waals surface area contributed by atoms with Gasteiger partial charge in [-0.3, -0.25) is 14.5 Å². The molecule has 0 aliphatic carbocycles. The molecule has 1 atom stereocenters. The van der Waals surface area contributed by atoms with Crippen molar-refractivity contribution < 1.29 is 14.3 Å². The van der Waals surface area contributed by atoms with Gasteiger partial charge in [0.2, 0.25) is 11.8 Å². The first-order chi connectivity index (χ1) is 13.6. The van der Waals surface area contributed by atoms with E-state index in [9.17, 15) is 9.59 Å². The molecule has 0 spiro atoms. The Morgan fingerprint density at radius 3 is 2.54 bits per heavy atom. The lowest BCUT2D eigenvalue weighted by atomic mass is 9.86. The summed E-state index contributed by atoms with van der Waals surface area (Å²) in [4.78, 5) is 32.2. The zero-order chi connectivity index (χ0) is 20.0. The Morgan fingerprint density at radius 2 is 1.86 bits per heavy atom. The van der Waals surface area contributed by atoms with E-state index in [1.807, 2.05) is 17.1 Å². The number of carbonyl (C=O) groups is 2. The number of nitrogens with zero attached hydrogens (tertiary/aromatic N) is 3. The second-order valence-electron chi connectivity index (χ2n) is 8.33. The van der Waals surface area contributed by atoms with Crippen LogP contribution in [-0.2, 0) is 14.3 Å². The molecule has 2 amide bonds. The Morgan fingerprint density at radius 1 is 1.14 bits per heavy atom. The quantitative estimate of drug-likeness (QED) is 0.597. The summed E-state index contributed by atoms with van der Waals surface area (Å²) in [7, 11) is 0. The fourth-order valence-electron chi connectivity index (χ4n) is 4.97. The molecule has 0 N–H and O–H groups in total. The molecule has 1 unspecified atom stereocenters. The predicted molar refractivity (Wildman–Crippen MR) is 110 cm³/mol. The second kappa shape index (κ2) is 9.70. The van der Waals surface area contributed by atoms with Crippen LogP contribution in [0, 0.1) is 5.92 Å². The number of hydrogen-bond donors (Lipinski definition) is 0.